The highest BCUT2D eigenvalue weighted by Crippen LogP contribution is 2.26. The summed E-state index contributed by atoms with van der Waals surface area (Å²) in [4.78, 5) is 9.47. The molecule has 0 saturated heterocycles. The van der Waals surface area contributed by atoms with E-state index in [4.69, 9.17) is 0 Å². The molecule has 0 N–H and O–H groups in total. The summed E-state index contributed by atoms with van der Waals surface area (Å²) < 4.78 is 0. The second kappa shape index (κ2) is 14.9. The lowest BCUT2D eigenvalue weighted by molar-refractivity contribution is 0.587. The molecule has 3 rings (SSSR count). The Morgan fingerprint density at radius 3 is 1.34 bits per heavy atom. The fraction of sp³-hybridized carbons (Fsp3) is 0.517. The maximum absolute atomic E-state index is 4.05. The molecular weight excluding hydrogens is 408 g/mol. The van der Waals surface area contributed by atoms with Gasteiger partial charge in [-0.05, 0) is 57.0 Å². The molecule has 3 heterocycles. The van der Waals surface area contributed by atoms with E-state index in [9.17, 15) is 0 Å². The van der Waals surface area contributed by atoms with Crippen molar-refractivity contribution in [3.05, 3.63) is 82.6 Å². The second-order valence-corrected chi connectivity index (χ2v) is 11.2. The van der Waals surface area contributed by atoms with Crippen LogP contribution in [0, 0.1) is 0 Å². The topological polar surface area (TPSA) is 25.8 Å². The molecule has 0 radical (unpaired) electrons. The van der Waals surface area contributed by atoms with Crippen LogP contribution in [0.2, 0.25) is 0 Å². The highest BCUT2D eigenvalue weighted by molar-refractivity contribution is 7.10. The number of rotatable bonds is 0. The Labute approximate surface area is 204 Å². The lowest BCUT2D eigenvalue weighted by Gasteiger charge is -2.17. The van der Waals surface area contributed by atoms with Crippen molar-refractivity contribution in [1.82, 2.24) is 9.97 Å². The third-order valence-corrected chi connectivity index (χ3v) is 5.63. The van der Waals surface area contributed by atoms with Crippen LogP contribution in [0.4, 0.5) is 0 Å². The van der Waals surface area contributed by atoms with Gasteiger partial charge in [-0.15, -0.1) is 11.3 Å². The Hall–Kier alpha value is -2.00. The quantitative estimate of drug-likeness (QED) is 0.335. The average molecular weight is 459 g/mol. The number of nitrogens with zero attached hydrogens (tertiary/aromatic N) is 2. The average Bonchev–Trinajstić information content (AvgIpc) is 3.18. The van der Waals surface area contributed by atoms with Gasteiger partial charge in [-0.3, -0.25) is 9.97 Å². The first-order valence-electron chi connectivity index (χ1n) is 10.2. The minimum absolute atomic E-state index is 0. The van der Waals surface area contributed by atoms with E-state index in [0.29, 0.717) is 5.41 Å². The molecule has 0 aliphatic heterocycles. The van der Waals surface area contributed by atoms with E-state index < -0.39 is 0 Å². The van der Waals surface area contributed by atoms with Gasteiger partial charge >= 0.3 is 0 Å². The van der Waals surface area contributed by atoms with Crippen molar-refractivity contribution >= 4 is 11.3 Å². The zero-order valence-corrected chi connectivity index (χ0v) is 20.5. The van der Waals surface area contributed by atoms with Gasteiger partial charge in [0.05, 0.1) is 0 Å². The minimum atomic E-state index is 0. The molecular formula is C29H50N2S. The molecule has 3 aromatic heterocycles. The van der Waals surface area contributed by atoms with Crippen LogP contribution < -0.4 is 0 Å². The molecule has 3 heteroatoms. The van der Waals surface area contributed by atoms with Gasteiger partial charge in [0.1, 0.15) is 0 Å². The van der Waals surface area contributed by atoms with Crippen molar-refractivity contribution in [3.63, 3.8) is 0 Å². The molecule has 3 aromatic rings. The molecule has 182 valence electrons. The number of hydrogen-bond donors (Lipinski definition) is 0. The number of hydrogen-bond acceptors (Lipinski definition) is 3. The van der Waals surface area contributed by atoms with E-state index >= 15 is 0 Å². The fourth-order valence-corrected chi connectivity index (χ4v) is 3.18. The van der Waals surface area contributed by atoms with E-state index in [1.165, 1.54) is 16.0 Å². The van der Waals surface area contributed by atoms with Crippen LogP contribution in [0.3, 0.4) is 0 Å². The molecule has 0 amide bonds. The van der Waals surface area contributed by atoms with Crippen LogP contribution in [-0.4, -0.2) is 9.97 Å². The summed E-state index contributed by atoms with van der Waals surface area (Å²) >= 11 is 1.83. The maximum Gasteiger partial charge on any atom is 0.0305 e. The molecule has 0 saturated carbocycles. The van der Waals surface area contributed by atoms with Gasteiger partial charge in [0.2, 0.25) is 0 Å². The van der Waals surface area contributed by atoms with Gasteiger partial charge in [-0.2, -0.15) is 0 Å². The third kappa shape index (κ3) is 13.4. The number of aromatic nitrogens is 2. The zero-order valence-electron chi connectivity index (χ0n) is 19.7. The Kier molecular flexibility index (Phi) is 16.2. The number of pyridine rings is 2. The first-order chi connectivity index (χ1) is 13.3. The molecule has 32 heavy (non-hydrogen) atoms. The molecule has 0 spiro atoms. The van der Waals surface area contributed by atoms with Crippen molar-refractivity contribution in [1.29, 1.82) is 0 Å². The van der Waals surface area contributed by atoms with Gasteiger partial charge < -0.3 is 0 Å². The van der Waals surface area contributed by atoms with Crippen molar-refractivity contribution in [2.45, 2.75) is 101 Å². The maximum atomic E-state index is 4.05. The summed E-state index contributed by atoms with van der Waals surface area (Å²) in [7, 11) is 0. The predicted octanol–water partition coefficient (Wildman–Crippen LogP) is 9.71. The largest absolute Gasteiger partial charge is 0.265 e. The highest BCUT2D eigenvalue weighted by Gasteiger charge is 2.13. The van der Waals surface area contributed by atoms with Crippen LogP contribution >= 0.6 is 11.3 Å². The predicted molar refractivity (Wildman–Crippen MR) is 149 cm³/mol. The van der Waals surface area contributed by atoms with Gasteiger partial charge in [0.25, 0.3) is 0 Å². The molecule has 0 aliphatic carbocycles. The van der Waals surface area contributed by atoms with Gasteiger partial charge in [-0.1, -0.05) is 96.7 Å². The van der Waals surface area contributed by atoms with Crippen LogP contribution in [0.25, 0.3) is 0 Å². The fourth-order valence-electron chi connectivity index (χ4n) is 2.36. The Morgan fingerprint density at radius 2 is 1.09 bits per heavy atom. The molecule has 0 aromatic carbocycles. The Bertz CT molecular complexity index is 739. The Morgan fingerprint density at radius 1 is 0.562 bits per heavy atom. The van der Waals surface area contributed by atoms with E-state index in [2.05, 4.69) is 108 Å². The summed E-state index contributed by atoms with van der Waals surface area (Å²) in [5, 5.41) is 2.13. The summed E-state index contributed by atoms with van der Waals surface area (Å²) in [6.45, 7) is 19.8. The van der Waals surface area contributed by atoms with Crippen LogP contribution in [-0.2, 0) is 16.2 Å². The van der Waals surface area contributed by atoms with Crippen molar-refractivity contribution in [3.8, 4) is 0 Å². The summed E-state index contributed by atoms with van der Waals surface area (Å²) in [6, 6.07) is 12.5. The summed E-state index contributed by atoms with van der Waals surface area (Å²) in [6.07, 6.45) is 7.39. The molecule has 0 fully saturated rings. The molecule has 0 bridgehead atoms. The number of thiophene rings is 1. The van der Waals surface area contributed by atoms with Crippen LogP contribution in [0.15, 0.2) is 66.6 Å². The van der Waals surface area contributed by atoms with Gasteiger partial charge in [-0.25, -0.2) is 0 Å². The normalized spacial score (nSPS) is 10.5. The van der Waals surface area contributed by atoms with Crippen LogP contribution in [0.1, 0.15) is 101 Å². The van der Waals surface area contributed by atoms with E-state index in [1.54, 1.807) is 6.20 Å². The molecule has 0 aliphatic rings. The van der Waals surface area contributed by atoms with Crippen LogP contribution in [0.5, 0.6) is 0 Å². The monoisotopic (exact) mass is 458 g/mol. The molecule has 2 nitrogen and oxygen atoms in total. The standard InChI is InChI=1S/2C9H13N.C8H12S.3CH4/c1-9(2,3)8-4-6-10-7-5-8;1-9(2,3)8-5-4-6-10-7-8;1-8(2,3)7-5-4-6-9-7;;;/h2*4-7H,1-3H3;4-6H,1-3H3;3*1H4. The lowest BCUT2D eigenvalue weighted by atomic mass is 9.88. The van der Waals surface area contributed by atoms with Gasteiger partial charge in [0, 0.05) is 29.7 Å². The van der Waals surface area contributed by atoms with E-state index in [-0.39, 0.29) is 33.1 Å². The van der Waals surface area contributed by atoms with E-state index in [0.717, 1.165) is 0 Å². The third-order valence-electron chi connectivity index (χ3n) is 4.33. The van der Waals surface area contributed by atoms with E-state index in [1.807, 2.05) is 36.0 Å². The second-order valence-electron chi connectivity index (χ2n) is 10.2. The first kappa shape index (κ1) is 34.6. The minimum Gasteiger partial charge on any atom is -0.265 e. The lowest BCUT2D eigenvalue weighted by Crippen LogP contribution is -2.10. The van der Waals surface area contributed by atoms with Crippen molar-refractivity contribution < 1.29 is 0 Å². The highest BCUT2D eigenvalue weighted by atomic mass is 32.1. The summed E-state index contributed by atoms with van der Waals surface area (Å²) in [5.41, 5.74) is 3.45. The Balaban J connectivity index is -0.000000377. The van der Waals surface area contributed by atoms with Crippen molar-refractivity contribution in [2.75, 3.05) is 0 Å². The van der Waals surface area contributed by atoms with Gasteiger partial charge in [0.15, 0.2) is 0 Å². The molecule has 0 unspecified atom stereocenters. The SMILES string of the molecule is C.C.C.CC(C)(C)c1cccnc1.CC(C)(C)c1cccs1.CC(C)(C)c1ccncc1. The smallest absolute Gasteiger partial charge is 0.0305 e. The molecule has 0 atom stereocenters. The van der Waals surface area contributed by atoms with Crippen molar-refractivity contribution in [2.24, 2.45) is 0 Å². The zero-order chi connectivity index (χ0) is 22.1. The summed E-state index contributed by atoms with van der Waals surface area (Å²) in [5.74, 6) is 0. The first-order valence-corrected chi connectivity index (χ1v) is 11.0.